The van der Waals surface area contributed by atoms with Crippen molar-refractivity contribution in [2.45, 2.75) is 26.4 Å². The van der Waals surface area contributed by atoms with E-state index in [4.69, 9.17) is 0 Å². The van der Waals surface area contributed by atoms with Crippen LogP contribution in [-0.2, 0) is 6.54 Å². The third-order valence-electron chi connectivity index (χ3n) is 3.43. The van der Waals surface area contributed by atoms with Gasteiger partial charge in [0.15, 0.2) is 0 Å². The molecule has 0 unspecified atom stereocenters. The van der Waals surface area contributed by atoms with Crippen LogP contribution in [0.5, 0.6) is 0 Å². The number of rotatable bonds is 5. The molecule has 2 aromatic rings. The van der Waals surface area contributed by atoms with Gasteiger partial charge in [0.25, 0.3) is 0 Å². The molecule has 0 saturated heterocycles. The lowest BCUT2D eigenvalue weighted by atomic mass is 10.2. The van der Waals surface area contributed by atoms with Crippen molar-refractivity contribution >= 4 is 28.0 Å². The molecule has 0 radical (unpaired) electrons. The third-order valence-corrected chi connectivity index (χ3v) is 3.96. The van der Waals surface area contributed by atoms with E-state index in [1.54, 1.807) is 11.1 Å². The average molecular weight is 373 g/mol. The minimum atomic E-state index is -0.0998. The monoisotopic (exact) mass is 372 g/mol. The molecule has 0 atom stereocenters. The van der Waals surface area contributed by atoms with E-state index in [2.05, 4.69) is 21.2 Å². The van der Waals surface area contributed by atoms with Gasteiger partial charge >= 0.3 is 6.03 Å². The number of amides is 2. The van der Waals surface area contributed by atoms with E-state index in [0.717, 1.165) is 15.6 Å². The van der Waals surface area contributed by atoms with Gasteiger partial charge in [-0.3, -0.25) is 0 Å². The zero-order valence-corrected chi connectivity index (χ0v) is 15.0. The van der Waals surface area contributed by atoms with Crippen LogP contribution < -0.4 is 5.32 Å². The first-order chi connectivity index (χ1) is 11.1. The molecule has 0 spiro atoms. The second-order valence-corrected chi connectivity index (χ2v) is 6.46. The molecule has 23 heavy (non-hydrogen) atoms. The van der Waals surface area contributed by atoms with E-state index in [0.29, 0.717) is 6.54 Å². The highest BCUT2D eigenvalue weighted by Gasteiger charge is 2.15. The molecule has 2 amide bonds. The fourth-order valence-corrected chi connectivity index (χ4v) is 2.40. The molecule has 2 aromatic carbocycles. The van der Waals surface area contributed by atoms with E-state index in [1.165, 1.54) is 0 Å². The summed E-state index contributed by atoms with van der Waals surface area (Å²) in [5.41, 5.74) is 2.15. The summed E-state index contributed by atoms with van der Waals surface area (Å²) in [5, 5.41) is 2.84. The number of nitrogens with one attached hydrogen (secondary N) is 1. The Morgan fingerprint density at radius 1 is 1.13 bits per heavy atom. The maximum absolute atomic E-state index is 12.4. The van der Waals surface area contributed by atoms with Crippen LogP contribution in [-0.4, -0.2) is 17.0 Å². The quantitative estimate of drug-likeness (QED) is 0.783. The molecule has 0 aliphatic heterocycles. The highest BCUT2D eigenvalue weighted by atomic mass is 79.9. The fourth-order valence-electron chi connectivity index (χ4n) is 2.13. The fraction of sp³-hybridized carbons (Fsp3) is 0.211. The van der Waals surface area contributed by atoms with Gasteiger partial charge in [0.05, 0.1) is 0 Å². The van der Waals surface area contributed by atoms with Crippen molar-refractivity contribution in [1.82, 2.24) is 10.2 Å². The summed E-state index contributed by atoms with van der Waals surface area (Å²) in [6.07, 6.45) is 3.57. The number of carbonyl (C=O) groups excluding carboxylic acids is 1. The largest absolute Gasteiger partial charge is 0.321 e. The SMILES string of the molecule is CC(C)N(Cc1ccccc1)C(=O)N/C=C/c1ccc(Br)cc1. The van der Waals surface area contributed by atoms with Gasteiger partial charge in [-0.25, -0.2) is 4.79 Å². The van der Waals surface area contributed by atoms with Gasteiger partial charge in [0.2, 0.25) is 0 Å². The summed E-state index contributed by atoms with van der Waals surface area (Å²) in [6.45, 7) is 4.62. The molecule has 0 aromatic heterocycles. The maximum Gasteiger partial charge on any atom is 0.321 e. The minimum absolute atomic E-state index is 0.0998. The number of hydrogen-bond acceptors (Lipinski definition) is 1. The summed E-state index contributed by atoms with van der Waals surface area (Å²) < 4.78 is 1.03. The van der Waals surface area contributed by atoms with Crippen molar-refractivity contribution in [3.63, 3.8) is 0 Å². The van der Waals surface area contributed by atoms with E-state index >= 15 is 0 Å². The molecule has 0 heterocycles. The number of carbonyl (C=O) groups is 1. The first-order valence-corrected chi connectivity index (χ1v) is 8.39. The normalized spacial score (nSPS) is 11.0. The van der Waals surface area contributed by atoms with Gasteiger partial charge in [-0.1, -0.05) is 58.4 Å². The Balaban J connectivity index is 1.97. The van der Waals surface area contributed by atoms with Crippen LogP contribution in [0.25, 0.3) is 6.08 Å². The predicted molar refractivity (Wildman–Crippen MR) is 98.8 cm³/mol. The molecule has 1 N–H and O–H groups in total. The van der Waals surface area contributed by atoms with Crippen molar-refractivity contribution in [3.8, 4) is 0 Å². The molecule has 0 aliphatic carbocycles. The zero-order chi connectivity index (χ0) is 16.7. The highest BCUT2D eigenvalue weighted by Crippen LogP contribution is 2.11. The van der Waals surface area contributed by atoms with Crippen LogP contribution in [0.4, 0.5) is 4.79 Å². The molecule has 0 fully saturated rings. The van der Waals surface area contributed by atoms with Crippen LogP contribution in [0, 0.1) is 0 Å². The first-order valence-electron chi connectivity index (χ1n) is 7.59. The minimum Gasteiger partial charge on any atom is -0.318 e. The Morgan fingerprint density at radius 3 is 2.39 bits per heavy atom. The van der Waals surface area contributed by atoms with Crippen molar-refractivity contribution in [2.24, 2.45) is 0 Å². The average Bonchev–Trinajstić information content (AvgIpc) is 2.55. The predicted octanol–water partition coefficient (Wildman–Crippen LogP) is 5.04. The standard InChI is InChI=1S/C19H21BrN2O/c1-15(2)22(14-17-6-4-3-5-7-17)19(23)21-13-12-16-8-10-18(20)11-9-16/h3-13,15H,14H2,1-2H3,(H,21,23)/b13-12+. The molecular weight excluding hydrogens is 352 g/mol. The van der Waals surface area contributed by atoms with Crippen LogP contribution in [0.3, 0.4) is 0 Å². The van der Waals surface area contributed by atoms with Crippen molar-refractivity contribution in [2.75, 3.05) is 0 Å². The van der Waals surface area contributed by atoms with Gasteiger partial charge in [-0.15, -0.1) is 0 Å². The van der Waals surface area contributed by atoms with E-state index in [1.807, 2.05) is 74.5 Å². The Hall–Kier alpha value is -2.07. The van der Waals surface area contributed by atoms with E-state index < -0.39 is 0 Å². The van der Waals surface area contributed by atoms with E-state index in [-0.39, 0.29) is 12.1 Å². The molecule has 0 saturated carbocycles. The Morgan fingerprint density at radius 2 is 1.78 bits per heavy atom. The van der Waals surface area contributed by atoms with Gasteiger partial charge in [-0.2, -0.15) is 0 Å². The molecular formula is C19H21BrN2O. The highest BCUT2D eigenvalue weighted by molar-refractivity contribution is 9.10. The van der Waals surface area contributed by atoms with Gasteiger partial charge < -0.3 is 10.2 Å². The summed E-state index contributed by atoms with van der Waals surface area (Å²) in [6, 6.07) is 17.9. The van der Waals surface area contributed by atoms with Crippen LogP contribution in [0.1, 0.15) is 25.0 Å². The lowest BCUT2D eigenvalue weighted by Gasteiger charge is -2.26. The lowest BCUT2D eigenvalue weighted by Crippen LogP contribution is -2.41. The smallest absolute Gasteiger partial charge is 0.318 e. The molecule has 0 bridgehead atoms. The molecule has 0 aliphatic rings. The van der Waals surface area contributed by atoms with Gasteiger partial charge in [0, 0.05) is 23.3 Å². The van der Waals surface area contributed by atoms with Crippen LogP contribution in [0.15, 0.2) is 65.3 Å². The number of urea groups is 1. The zero-order valence-electron chi connectivity index (χ0n) is 13.4. The Bertz CT molecular complexity index is 651. The Kier molecular flexibility index (Phi) is 6.41. The van der Waals surface area contributed by atoms with Crippen LogP contribution >= 0.6 is 15.9 Å². The molecule has 3 nitrogen and oxygen atoms in total. The third kappa shape index (κ3) is 5.57. The molecule has 2 rings (SSSR count). The van der Waals surface area contributed by atoms with Crippen LogP contribution in [0.2, 0.25) is 0 Å². The summed E-state index contributed by atoms with van der Waals surface area (Å²) >= 11 is 3.40. The van der Waals surface area contributed by atoms with Gasteiger partial charge in [0.1, 0.15) is 0 Å². The number of hydrogen-bond donors (Lipinski definition) is 1. The molecule has 4 heteroatoms. The Labute approximate surface area is 146 Å². The second kappa shape index (κ2) is 8.53. The number of halogens is 1. The summed E-state index contributed by atoms with van der Waals surface area (Å²) in [7, 11) is 0. The van der Waals surface area contributed by atoms with Crippen molar-refractivity contribution in [1.29, 1.82) is 0 Å². The lowest BCUT2D eigenvalue weighted by molar-refractivity contribution is 0.183. The molecule has 120 valence electrons. The van der Waals surface area contributed by atoms with Crippen molar-refractivity contribution < 1.29 is 4.79 Å². The number of benzene rings is 2. The topological polar surface area (TPSA) is 32.3 Å². The number of nitrogens with zero attached hydrogens (tertiary/aromatic N) is 1. The first kappa shape index (κ1) is 17.3. The second-order valence-electron chi connectivity index (χ2n) is 5.54. The summed E-state index contributed by atoms with van der Waals surface area (Å²) in [5.74, 6) is 0. The maximum atomic E-state index is 12.4. The van der Waals surface area contributed by atoms with Crippen molar-refractivity contribution in [3.05, 3.63) is 76.4 Å². The van der Waals surface area contributed by atoms with E-state index in [9.17, 15) is 4.79 Å². The van der Waals surface area contributed by atoms with Gasteiger partial charge in [-0.05, 0) is 43.2 Å². The summed E-state index contributed by atoms with van der Waals surface area (Å²) in [4.78, 5) is 14.2.